The number of halogens is 6. The van der Waals surface area contributed by atoms with Crippen LogP contribution in [-0.2, 0) is 4.74 Å². The topological polar surface area (TPSA) is 152 Å². The van der Waals surface area contributed by atoms with E-state index in [0.717, 1.165) is 98.1 Å². The number of nitrogens with zero attached hydrogens (tertiary/aromatic N) is 2. The Morgan fingerprint density at radius 1 is 0.543 bits per heavy atom. The number of nitrogens with one attached hydrogen (secondary N) is 4. The number of esters is 1. The van der Waals surface area contributed by atoms with Gasteiger partial charge in [-0.15, -0.1) is 0 Å². The quantitative estimate of drug-likeness (QED) is 0.0601. The zero-order valence-corrected chi connectivity index (χ0v) is 53.0. The van der Waals surface area contributed by atoms with E-state index in [4.69, 9.17) is 4.74 Å². The Kier molecular flexibility index (Phi) is 22.4. The van der Waals surface area contributed by atoms with Crippen molar-refractivity contribution in [1.29, 1.82) is 0 Å². The van der Waals surface area contributed by atoms with Gasteiger partial charge in [0.15, 0.2) is 0 Å². The molecule has 12 nitrogen and oxygen atoms in total. The Bertz CT molecular complexity index is 3210. The van der Waals surface area contributed by atoms with Gasteiger partial charge in [-0.25, -0.2) is 28.0 Å². The predicted octanol–water partition coefficient (Wildman–Crippen LogP) is 19.0. The smallest absolute Gasteiger partial charge is 0.338 e. The molecule has 2 fully saturated rings. The number of amides is 4. The van der Waals surface area contributed by atoms with Crippen LogP contribution in [0.3, 0.4) is 0 Å². The summed E-state index contributed by atoms with van der Waals surface area (Å²) in [5.41, 5.74) is 8.12. The van der Waals surface area contributed by atoms with E-state index in [2.05, 4.69) is 122 Å². The zero-order valence-electron chi connectivity index (χ0n) is 46.7. The molecule has 0 heterocycles. The van der Waals surface area contributed by atoms with Crippen molar-refractivity contribution in [1.82, 2.24) is 0 Å². The van der Waals surface area contributed by atoms with Gasteiger partial charge in [0, 0.05) is 54.4 Å². The predicted molar refractivity (Wildman–Crippen MR) is 339 cm³/mol. The number of benzene rings is 6. The molecule has 0 unspecified atom stereocenters. The lowest BCUT2D eigenvalue weighted by atomic mass is 9.92. The van der Waals surface area contributed by atoms with Gasteiger partial charge in [-0.1, -0.05) is 142 Å². The molecule has 6 aromatic carbocycles. The summed E-state index contributed by atoms with van der Waals surface area (Å²) in [6.45, 7) is 14.3. The van der Waals surface area contributed by atoms with E-state index in [-0.39, 0.29) is 16.7 Å². The number of carboxylic acid groups (broad SMARTS) is 1. The highest BCUT2D eigenvalue weighted by Crippen LogP contribution is 2.40. The van der Waals surface area contributed by atoms with E-state index in [0.29, 0.717) is 63.4 Å². The Morgan fingerprint density at radius 3 is 1.27 bits per heavy atom. The minimum atomic E-state index is -1.15. The molecule has 5 N–H and O–H groups in total. The molecule has 2 aliphatic rings. The van der Waals surface area contributed by atoms with Crippen molar-refractivity contribution >= 4 is 122 Å². The maximum atomic E-state index is 14.4. The van der Waals surface area contributed by atoms with Crippen LogP contribution in [0.5, 0.6) is 0 Å². The van der Waals surface area contributed by atoms with Crippen LogP contribution in [0.15, 0.2) is 115 Å². The zero-order chi connectivity index (χ0) is 58.7. The number of carbonyl (C=O) groups excluding carboxylic acids is 3. The number of anilines is 6. The number of methoxy groups -OCH3 is 1. The molecule has 8 rings (SSSR count). The summed E-state index contributed by atoms with van der Waals surface area (Å²) in [7, 11) is 1.30. The van der Waals surface area contributed by atoms with E-state index in [1.54, 1.807) is 6.07 Å². The highest BCUT2D eigenvalue weighted by Gasteiger charge is 2.28. The molecule has 2 saturated carbocycles. The van der Waals surface area contributed by atoms with Gasteiger partial charge >= 0.3 is 24.0 Å². The van der Waals surface area contributed by atoms with Crippen molar-refractivity contribution < 1.29 is 37.8 Å². The molecule has 430 valence electrons. The van der Waals surface area contributed by atoms with Gasteiger partial charge in [0.2, 0.25) is 0 Å². The molecule has 18 heteroatoms. The fourth-order valence-electron chi connectivity index (χ4n) is 10.6. The lowest BCUT2D eigenvalue weighted by Gasteiger charge is -2.38. The van der Waals surface area contributed by atoms with Crippen LogP contribution in [0, 0.1) is 37.3 Å². The standard InChI is InChI=1S/C32H36Br2FN3O3.C31H34Br2FN3O3/c1-19(2)18-38(24-8-6-5-7-9-24)30-13-10-21(26-15-22(35)11-12-25(26)31(39)41-4)14-29(30)37-32(40)36-23-16-27(33)20(3)28(34)17-23;1-18(2)17-37(23-7-5-4-6-8-23)29-12-9-20(25-14-21(34)10-11-24(25)30(38)39)13-28(29)36-31(40)35-22-15-26(32)19(3)27(33)16-22/h10-17,19,24H,5-9,18H2,1-4H3,(H2,36,37,40);9-16,18,23H,4-8,17H2,1-3H3,(H,38,39)(H2,35,36,40). The van der Waals surface area contributed by atoms with Crippen LogP contribution in [0.2, 0.25) is 0 Å². The van der Waals surface area contributed by atoms with Crippen LogP contribution in [0.25, 0.3) is 22.3 Å². The average molecular weight is 1360 g/mol. The first-order chi connectivity index (χ1) is 38.6. The van der Waals surface area contributed by atoms with Crippen molar-refractivity contribution in [2.45, 2.75) is 118 Å². The first-order valence-corrected chi connectivity index (χ1v) is 30.6. The van der Waals surface area contributed by atoms with Gasteiger partial charge in [-0.2, -0.15) is 0 Å². The molecular formula is C63H70Br4F2N6O6. The third-order valence-corrected chi connectivity index (χ3v) is 17.9. The summed E-state index contributed by atoms with van der Waals surface area (Å²) >= 11 is 14.1. The molecule has 6 aromatic rings. The Morgan fingerprint density at radius 2 is 0.914 bits per heavy atom. The van der Waals surface area contributed by atoms with Crippen molar-refractivity contribution in [2.75, 3.05) is 51.3 Å². The van der Waals surface area contributed by atoms with Crippen molar-refractivity contribution in [3.63, 3.8) is 0 Å². The number of carbonyl (C=O) groups is 4. The molecule has 0 atom stereocenters. The first-order valence-electron chi connectivity index (χ1n) is 27.4. The number of urea groups is 2. The van der Waals surface area contributed by atoms with Crippen molar-refractivity contribution in [3.05, 3.63) is 149 Å². The third kappa shape index (κ3) is 16.7. The summed E-state index contributed by atoms with van der Waals surface area (Å²) < 4.78 is 37.0. The van der Waals surface area contributed by atoms with Gasteiger partial charge < -0.3 is 40.9 Å². The van der Waals surface area contributed by atoms with Gasteiger partial charge in [0.05, 0.1) is 41.0 Å². The lowest BCUT2D eigenvalue weighted by molar-refractivity contribution is 0.0600. The van der Waals surface area contributed by atoms with Crippen LogP contribution >= 0.6 is 63.7 Å². The van der Waals surface area contributed by atoms with Gasteiger partial charge in [0.25, 0.3) is 0 Å². The highest BCUT2D eigenvalue weighted by atomic mass is 79.9. The second-order valence-corrected chi connectivity index (χ2v) is 25.0. The second-order valence-electron chi connectivity index (χ2n) is 21.6. The maximum Gasteiger partial charge on any atom is 0.338 e. The summed E-state index contributed by atoms with van der Waals surface area (Å²) in [5, 5.41) is 21.7. The number of ether oxygens (including phenoxy) is 1. The van der Waals surface area contributed by atoms with Gasteiger partial charge in [-0.3, -0.25) is 0 Å². The Hall–Kier alpha value is -5.82. The average Bonchev–Trinajstić information content (AvgIpc) is 3.48. The first kappa shape index (κ1) is 62.8. The largest absolute Gasteiger partial charge is 0.478 e. The Balaban J connectivity index is 0.000000234. The van der Waals surface area contributed by atoms with E-state index in [1.807, 2.05) is 68.4 Å². The second kappa shape index (κ2) is 28.9. The number of hydrogen-bond acceptors (Lipinski definition) is 7. The SMILES string of the molecule is COC(=O)c1ccc(F)cc1-c1ccc(N(CC(C)C)C2CCCCC2)c(NC(=O)Nc2cc(Br)c(C)c(Br)c2)c1.Cc1c(Br)cc(NC(=O)Nc2cc(-c3cc(F)ccc3C(=O)O)ccc2N(CC(C)C)C2CCCCC2)cc1Br. The molecule has 2 aliphatic carbocycles. The van der Waals surface area contributed by atoms with E-state index >= 15 is 0 Å². The molecule has 0 aliphatic heterocycles. The van der Waals surface area contributed by atoms with Crippen LogP contribution in [-0.4, -0.2) is 61.4 Å². The number of hydrogen-bond donors (Lipinski definition) is 5. The number of rotatable bonds is 16. The monoisotopic (exact) mass is 1360 g/mol. The van der Waals surface area contributed by atoms with Gasteiger partial charge in [0.1, 0.15) is 11.6 Å². The molecular weight excluding hydrogens is 1290 g/mol. The molecule has 0 spiro atoms. The molecule has 4 amide bonds. The highest BCUT2D eigenvalue weighted by molar-refractivity contribution is 9.11. The van der Waals surface area contributed by atoms with E-state index in [1.165, 1.54) is 63.1 Å². The van der Waals surface area contributed by atoms with Crippen LogP contribution < -0.4 is 31.1 Å². The summed E-state index contributed by atoms with van der Waals surface area (Å²) in [5.74, 6) is -1.93. The molecule has 81 heavy (non-hydrogen) atoms. The summed E-state index contributed by atoms with van der Waals surface area (Å²) in [4.78, 5) is 55.9. The Labute approximate surface area is 508 Å². The van der Waals surface area contributed by atoms with E-state index in [9.17, 15) is 33.1 Å². The lowest BCUT2D eigenvalue weighted by Crippen LogP contribution is -2.40. The fourth-order valence-corrected chi connectivity index (χ4v) is 12.9. The minimum Gasteiger partial charge on any atom is -0.478 e. The van der Waals surface area contributed by atoms with Crippen molar-refractivity contribution in [3.8, 4) is 22.3 Å². The molecule has 0 saturated heterocycles. The van der Waals surface area contributed by atoms with Crippen LogP contribution in [0.1, 0.15) is 124 Å². The molecule has 0 bridgehead atoms. The van der Waals surface area contributed by atoms with Crippen LogP contribution in [0.4, 0.5) is 52.5 Å². The van der Waals surface area contributed by atoms with Gasteiger partial charge in [-0.05, 0) is 170 Å². The summed E-state index contributed by atoms with van der Waals surface area (Å²) in [6.07, 6.45) is 11.4. The third-order valence-electron chi connectivity index (χ3n) is 14.6. The summed E-state index contributed by atoms with van der Waals surface area (Å²) in [6, 6.07) is 25.9. The maximum absolute atomic E-state index is 14.4. The van der Waals surface area contributed by atoms with Crippen molar-refractivity contribution in [2.24, 2.45) is 11.8 Å². The molecule has 0 radical (unpaired) electrons. The van der Waals surface area contributed by atoms with E-state index < -0.39 is 35.6 Å². The normalized spacial score (nSPS) is 13.7. The fraction of sp³-hybridized carbons (Fsp3) is 0.365. The number of aromatic carboxylic acids is 1. The minimum absolute atomic E-state index is 0.00905. The molecule has 0 aromatic heterocycles. The number of carboxylic acids is 1.